The number of nitrogens with zero attached hydrogens (tertiary/aromatic N) is 1. The highest BCUT2D eigenvalue weighted by molar-refractivity contribution is 5.87. The van der Waals surface area contributed by atoms with Crippen LogP contribution in [0.25, 0.3) is 0 Å². The van der Waals surface area contributed by atoms with Crippen LogP contribution in [0.5, 0.6) is 0 Å². The second-order valence-electron chi connectivity index (χ2n) is 5.66. The molecule has 1 fully saturated rings. The Morgan fingerprint density at radius 1 is 1.24 bits per heavy atom. The van der Waals surface area contributed by atoms with E-state index in [4.69, 9.17) is 5.73 Å². The maximum atomic E-state index is 12.2. The van der Waals surface area contributed by atoms with E-state index in [2.05, 4.69) is 5.32 Å². The van der Waals surface area contributed by atoms with Crippen LogP contribution in [0.4, 0.5) is 0 Å². The molecule has 1 aliphatic heterocycles. The lowest BCUT2D eigenvalue weighted by atomic mass is 9.92. The molecule has 21 heavy (non-hydrogen) atoms. The van der Waals surface area contributed by atoms with Gasteiger partial charge in [-0.2, -0.15) is 0 Å². The van der Waals surface area contributed by atoms with Gasteiger partial charge in [0.25, 0.3) is 0 Å². The van der Waals surface area contributed by atoms with Gasteiger partial charge in [0.2, 0.25) is 11.8 Å². The van der Waals surface area contributed by atoms with Crippen molar-refractivity contribution in [2.75, 3.05) is 19.6 Å². The Bertz CT molecular complexity index is 494. The number of nitrogens with two attached hydrogens (primary N) is 1. The fourth-order valence-electron chi connectivity index (χ4n) is 2.51. The van der Waals surface area contributed by atoms with Crippen LogP contribution in [0.1, 0.15) is 31.7 Å². The molecule has 0 bridgehead atoms. The molecule has 2 rings (SSSR count). The van der Waals surface area contributed by atoms with E-state index in [-0.39, 0.29) is 11.8 Å². The summed E-state index contributed by atoms with van der Waals surface area (Å²) in [4.78, 5) is 25.9. The molecule has 2 amide bonds. The maximum absolute atomic E-state index is 12.2. The molecule has 1 unspecified atom stereocenters. The van der Waals surface area contributed by atoms with Crippen molar-refractivity contribution < 1.29 is 9.59 Å². The van der Waals surface area contributed by atoms with E-state index >= 15 is 0 Å². The van der Waals surface area contributed by atoms with E-state index in [9.17, 15) is 9.59 Å². The van der Waals surface area contributed by atoms with Gasteiger partial charge < -0.3 is 16.0 Å². The zero-order chi connectivity index (χ0) is 15.3. The molecule has 114 valence electrons. The van der Waals surface area contributed by atoms with Crippen molar-refractivity contribution >= 4 is 11.8 Å². The number of likely N-dealkylation sites (tertiary alicyclic amines) is 1. The summed E-state index contributed by atoms with van der Waals surface area (Å²) in [5.74, 6) is -0.158. The lowest BCUT2D eigenvalue weighted by Crippen LogP contribution is -2.49. The number of hydrogen-bond acceptors (Lipinski definition) is 3. The molecule has 0 aromatic heterocycles. The number of benzene rings is 1. The molecule has 0 radical (unpaired) electrons. The van der Waals surface area contributed by atoms with Gasteiger partial charge in [0, 0.05) is 26.1 Å². The standard InChI is InChI=1S/C16H23N3O2/c1-16(17,13-7-3-2-4-8-13)15(21)18-10-9-14(20)19-11-5-6-12-19/h2-4,7-8H,5-6,9-12,17H2,1H3,(H,18,21). The van der Waals surface area contributed by atoms with Crippen LogP contribution in [0, 0.1) is 0 Å². The number of amides is 2. The first-order valence-electron chi connectivity index (χ1n) is 7.42. The zero-order valence-electron chi connectivity index (χ0n) is 12.5. The molecular formula is C16H23N3O2. The third kappa shape index (κ3) is 3.82. The van der Waals surface area contributed by atoms with Gasteiger partial charge in [0.05, 0.1) is 0 Å². The topological polar surface area (TPSA) is 75.4 Å². The van der Waals surface area contributed by atoms with Crippen molar-refractivity contribution in [2.24, 2.45) is 5.73 Å². The van der Waals surface area contributed by atoms with Gasteiger partial charge in [-0.1, -0.05) is 30.3 Å². The van der Waals surface area contributed by atoms with Crippen LogP contribution in [0.2, 0.25) is 0 Å². The van der Waals surface area contributed by atoms with Gasteiger partial charge in [0.1, 0.15) is 5.54 Å². The molecule has 1 aromatic carbocycles. The number of nitrogens with one attached hydrogen (secondary N) is 1. The van der Waals surface area contributed by atoms with Crippen molar-refractivity contribution in [1.82, 2.24) is 10.2 Å². The smallest absolute Gasteiger partial charge is 0.244 e. The van der Waals surface area contributed by atoms with Crippen LogP contribution in [-0.2, 0) is 15.1 Å². The van der Waals surface area contributed by atoms with Crippen molar-refractivity contribution in [3.05, 3.63) is 35.9 Å². The average molecular weight is 289 g/mol. The molecule has 5 heteroatoms. The summed E-state index contributed by atoms with van der Waals surface area (Å²) < 4.78 is 0. The first-order chi connectivity index (χ1) is 10.0. The third-order valence-electron chi connectivity index (χ3n) is 3.93. The van der Waals surface area contributed by atoms with Gasteiger partial charge in [-0.05, 0) is 25.3 Å². The van der Waals surface area contributed by atoms with Crippen LogP contribution in [0.15, 0.2) is 30.3 Å². The molecule has 0 saturated carbocycles. The summed E-state index contributed by atoms with van der Waals surface area (Å²) >= 11 is 0. The summed E-state index contributed by atoms with van der Waals surface area (Å²) in [6.07, 6.45) is 2.48. The second kappa shape index (κ2) is 6.72. The van der Waals surface area contributed by atoms with E-state index in [1.807, 2.05) is 35.2 Å². The SMILES string of the molecule is CC(N)(C(=O)NCCC(=O)N1CCCC1)c1ccccc1. The first-order valence-corrected chi connectivity index (χ1v) is 7.42. The highest BCUT2D eigenvalue weighted by atomic mass is 16.2. The average Bonchev–Trinajstić information content (AvgIpc) is 3.02. The molecule has 0 aliphatic carbocycles. The minimum atomic E-state index is -1.09. The minimum Gasteiger partial charge on any atom is -0.354 e. The van der Waals surface area contributed by atoms with E-state index in [0.717, 1.165) is 31.5 Å². The van der Waals surface area contributed by atoms with Crippen LogP contribution < -0.4 is 11.1 Å². The van der Waals surface area contributed by atoms with Crippen LogP contribution in [0.3, 0.4) is 0 Å². The van der Waals surface area contributed by atoms with Crippen molar-refractivity contribution in [3.8, 4) is 0 Å². The Labute approximate surface area is 125 Å². The Balaban J connectivity index is 1.82. The number of rotatable bonds is 5. The summed E-state index contributed by atoms with van der Waals surface area (Å²) in [6.45, 7) is 3.69. The number of carbonyl (C=O) groups is 2. The van der Waals surface area contributed by atoms with Gasteiger partial charge in [0.15, 0.2) is 0 Å². The fraction of sp³-hybridized carbons (Fsp3) is 0.500. The molecule has 1 saturated heterocycles. The highest BCUT2D eigenvalue weighted by Gasteiger charge is 2.30. The normalized spacial score (nSPS) is 17.3. The maximum Gasteiger partial charge on any atom is 0.244 e. The first kappa shape index (κ1) is 15.5. The Hall–Kier alpha value is -1.88. The molecule has 0 spiro atoms. The van der Waals surface area contributed by atoms with Crippen LogP contribution >= 0.6 is 0 Å². The molecule has 1 aromatic rings. The zero-order valence-corrected chi connectivity index (χ0v) is 12.5. The predicted octanol–water partition coefficient (Wildman–Crippen LogP) is 0.989. The third-order valence-corrected chi connectivity index (χ3v) is 3.93. The van der Waals surface area contributed by atoms with E-state index in [1.54, 1.807) is 6.92 Å². The molecule has 3 N–H and O–H groups in total. The van der Waals surface area contributed by atoms with Gasteiger partial charge >= 0.3 is 0 Å². The lowest BCUT2D eigenvalue weighted by molar-refractivity contribution is -0.130. The van der Waals surface area contributed by atoms with Crippen molar-refractivity contribution in [2.45, 2.75) is 31.7 Å². The van der Waals surface area contributed by atoms with Crippen molar-refractivity contribution in [3.63, 3.8) is 0 Å². The number of carbonyl (C=O) groups excluding carboxylic acids is 2. The van der Waals surface area contributed by atoms with E-state index in [1.165, 1.54) is 0 Å². The molecule has 1 atom stereocenters. The van der Waals surface area contributed by atoms with Gasteiger partial charge in [-0.25, -0.2) is 0 Å². The van der Waals surface area contributed by atoms with Gasteiger partial charge in [-0.15, -0.1) is 0 Å². The molecule has 1 heterocycles. The van der Waals surface area contributed by atoms with E-state index < -0.39 is 5.54 Å². The molecule has 1 aliphatic rings. The minimum absolute atomic E-state index is 0.103. The summed E-state index contributed by atoms with van der Waals surface area (Å²) in [5, 5.41) is 2.76. The summed E-state index contributed by atoms with van der Waals surface area (Å²) in [5.41, 5.74) is 5.79. The monoisotopic (exact) mass is 289 g/mol. The number of hydrogen-bond donors (Lipinski definition) is 2. The van der Waals surface area contributed by atoms with Gasteiger partial charge in [-0.3, -0.25) is 9.59 Å². The Kier molecular flexibility index (Phi) is 4.96. The van der Waals surface area contributed by atoms with Crippen LogP contribution in [-0.4, -0.2) is 36.3 Å². The summed E-state index contributed by atoms with van der Waals surface area (Å²) in [6, 6.07) is 9.24. The van der Waals surface area contributed by atoms with E-state index in [0.29, 0.717) is 13.0 Å². The molecule has 5 nitrogen and oxygen atoms in total. The largest absolute Gasteiger partial charge is 0.354 e. The second-order valence-corrected chi connectivity index (χ2v) is 5.66. The highest BCUT2D eigenvalue weighted by Crippen LogP contribution is 2.17. The fourth-order valence-corrected chi connectivity index (χ4v) is 2.51. The quantitative estimate of drug-likeness (QED) is 0.849. The Morgan fingerprint density at radius 3 is 2.48 bits per heavy atom. The molecular weight excluding hydrogens is 266 g/mol. The predicted molar refractivity (Wildman–Crippen MR) is 81.4 cm³/mol. The lowest BCUT2D eigenvalue weighted by Gasteiger charge is -2.24. The Morgan fingerprint density at radius 2 is 1.86 bits per heavy atom. The van der Waals surface area contributed by atoms with Crippen molar-refractivity contribution in [1.29, 1.82) is 0 Å². The summed E-state index contributed by atoms with van der Waals surface area (Å²) in [7, 11) is 0.